The molecule has 3 aromatic rings. The van der Waals surface area contributed by atoms with Gasteiger partial charge in [-0.25, -0.2) is 0 Å². The van der Waals surface area contributed by atoms with E-state index in [-0.39, 0.29) is 5.57 Å². The van der Waals surface area contributed by atoms with E-state index in [0.717, 1.165) is 9.13 Å². The maximum Gasteiger partial charge on any atom is 0.266 e. The van der Waals surface area contributed by atoms with E-state index in [9.17, 15) is 10.1 Å². The van der Waals surface area contributed by atoms with Gasteiger partial charge in [0.05, 0.1) is 13.2 Å². The molecule has 3 rings (SSSR count). The Balaban J connectivity index is 1.80. The van der Waals surface area contributed by atoms with Crippen molar-refractivity contribution < 1.29 is 19.0 Å². The van der Waals surface area contributed by atoms with Gasteiger partial charge in [-0.15, -0.1) is 0 Å². The highest BCUT2D eigenvalue weighted by atomic mass is 127. The van der Waals surface area contributed by atoms with Crippen molar-refractivity contribution in [3.8, 4) is 23.3 Å². The highest BCUT2D eigenvalue weighted by Crippen LogP contribution is 2.35. The van der Waals surface area contributed by atoms with Crippen LogP contribution in [0.25, 0.3) is 6.08 Å². The van der Waals surface area contributed by atoms with Crippen LogP contribution in [0.15, 0.2) is 70.7 Å². The molecular formula is C27H24BrIN2O4. The van der Waals surface area contributed by atoms with Crippen LogP contribution in [0.4, 0.5) is 5.69 Å². The lowest BCUT2D eigenvalue weighted by atomic mass is 10.1. The Kier molecular flexibility index (Phi) is 9.99. The molecule has 0 radical (unpaired) electrons. The third kappa shape index (κ3) is 7.73. The third-order valence-corrected chi connectivity index (χ3v) is 6.16. The third-order valence-electron chi connectivity index (χ3n) is 4.76. The van der Waals surface area contributed by atoms with Gasteiger partial charge in [0.25, 0.3) is 5.91 Å². The van der Waals surface area contributed by atoms with Gasteiger partial charge in [0.1, 0.15) is 24.0 Å². The van der Waals surface area contributed by atoms with Crippen LogP contribution in [-0.4, -0.2) is 19.1 Å². The molecule has 0 bridgehead atoms. The first-order valence-corrected chi connectivity index (χ1v) is 12.8. The molecule has 0 saturated carbocycles. The molecule has 0 aliphatic heterocycles. The molecule has 180 valence electrons. The number of halogens is 2. The van der Waals surface area contributed by atoms with Crippen molar-refractivity contribution in [2.75, 3.05) is 18.5 Å². The van der Waals surface area contributed by atoms with Gasteiger partial charge in [-0.2, -0.15) is 5.26 Å². The molecule has 0 atom stereocenters. The predicted molar refractivity (Wildman–Crippen MR) is 149 cm³/mol. The molecule has 6 nitrogen and oxygen atoms in total. The van der Waals surface area contributed by atoms with Gasteiger partial charge in [-0.3, -0.25) is 4.79 Å². The number of hydrogen-bond acceptors (Lipinski definition) is 5. The molecule has 0 aliphatic carbocycles. The SMILES string of the molecule is CCOc1ccc(NC(=O)/C(C#N)=C/c2cc(OCC)c(OCc3ccc(I)cc3)cc2Br)cc1. The summed E-state index contributed by atoms with van der Waals surface area (Å²) in [5.74, 6) is 1.28. The Morgan fingerprint density at radius 2 is 1.66 bits per heavy atom. The van der Waals surface area contributed by atoms with Crippen molar-refractivity contribution in [3.63, 3.8) is 0 Å². The van der Waals surface area contributed by atoms with Crippen LogP contribution in [0.5, 0.6) is 17.2 Å². The Bertz CT molecular complexity index is 1240. The van der Waals surface area contributed by atoms with E-state index >= 15 is 0 Å². The Morgan fingerprint density at radius 3 is 2.29 bits per heavy atom. The molecule has 0 heterocycles. The molecule has 0 fully saturated rings. The van der Waals surface area contributed by atoms with E-state index in [1.54, 1.807) is 36.4 Å². The highest BCUT2D eigenvalue weighted by molar-refractivity contribution is 14.1. The van der Waals surface area contributed by atoms with Crippen molar-refractivity contribution in [1.82, 2.24) is 0 Å². The summed E-state index contributed by atoms with van der Waals surface area (Å²) >= 11 is 5.79. The number of hydrogen-bond donors (Lipinski definition) is 1. The number of ether oxygens (including phenoxy) is 3. The molecule has 1 N–H and O–H groups in total. The lowest BCUT2D eigenvalue weighted by Crippen LogP contribution is -2.13. The number of rotatable bonds is 10. The van der Waals surface area contributed by atoms with Gasteiger partial charge < -0.3 is 19.5 Å². The summed E-state index contributed by atoms with van der Waals surface area (Å²) in [5.41, 5.74) is 2.17. The fraction of sp³-hybridized carbons (Fsp3) is 0.185. The first-order valence-electron chi connectivity index (χ1n) is 10.9. The second-order valence-corrected chi connectivity index (χ2v) is 9.35. The molecule has 0 spiro atoms. The number of carbonyl (C=O) groups excluding carboxylic acids is 1. The van der Waals surface area contributed by atoms with E-state index < -0.39 is 5.91 Å². The van der Waals surface area contributed by atoms with Gasteiger partial charge in [-0.05, 0) is 102 Å². The van der Waals surface area contributed by atoms with Crippen molar-refractivity contribution >= 4 is 56.2 Å². The van der Waals surface area contributed by atoms with Crippen LogP contribution in [0.2, 0.25) is 0 Å². The second-order valence-electron chi connectivity index (χ2n) is 7.25. The number of anilines is 1. The highest BCUT2D eigenvalue weighted by Gasteiger charge is 2.14. The molecule has 0 saturated heterocycles. The van der Waals surface area contributed by atoms with Crippen LogP contribution in [0.3, 0.4) is 0 Å². The van der Waals surface area contributed by atoms with Crippen LogP contribution in [-0.2, 0) is 11.4 Å². The first-order chi connectivity index (χ1) is 16.9. The Hall–Kier alpha value is -3.03. The molecule has 8 heteroatoms. The van der Waals surface area contributed by atoms with Crippen LogP contribution in [0.1, 0.15) is 25.0 Å². The Morgan fingerprint density at radius 1 is 1.00 bits per heavy atom. The zero-order valence-electron chi connectivity index (χ0n) is 19.3. The van der Waals surface area contributed by atoms with Gasteiger partial charge in [0, 0.05) is 13.7 Å². The van der Waals surface area contributed by atoms with Crippen molar-refractivity contribution in [1.29, 1.82) is 5.26 Å². The van der Waals surface area contributed by atoms with Gasteiger partial charge in [-0.1, -0.05) is 28.1 Å². The fourth-order valence-corrected chi connectivity index (χ4v) is 3.88. The van der Waals surface area contributed by atoms with Crippen molar-refractivity contribution in [2.45, 2.75) is 20.5 Å². The fourth-order valence-electron chi connectivity index (χ4n) is 3.09. The average Bonchev–Trinajstić information content (AvgIpc) is 2.85. The van der Waals surface area contributed by atoms with Crippen molar-refractivity contribution in [2.24, 2.45) is 0 Å². The number of nitriles is 1. The lowest BCUT2D eigenvalue weighted by molar-refractivity contribution is -0.112. The summed E-state index contributed by atoms with van der Waals surface area (Å²) in [6, 6.07) is 20.5. The molecule has 0 aromatic heterocycles. The minimum absolute atomic E-state index is 0.0467. The van der Waals surface area contributed by atoms with Crippen molar-refractivity contribution in [3.05, 3.63) is 85.4 Å². The number of nitrogens with zero attached hydrogens (tertiary/aromatic N) is 1. The second kappa shape index (κ2) is 13.2. The quantitative estimate of drug-likeness (QED) is 0.146. The molecule has 1 amide bonds. The normalized spacial score (nSPS) is 10.9. The Labute approximate surface area is 227 Å². The zero-order chi connectivity index (χ0) is 25.2. The number of benzene rings is 3. The standard InChI is InChI=1S/C27H24BrIN2O4/c1-3-33-23-11-9-22(10-12-23)31-27(32)20(16-30)13-19-14-25(34-4-2)26(15-24(19)28)35-17-18-5-7-21(29)8-6-18/h5-15H,3-4,17H2,1-2H3,(H,31,32)/b20-13+. The monoisotopic (exact) mass is 646 g/mol. The number of nitrogens with one attached hydrogen (secondary N) is 1. The molecule has 3 aromatic carbocycles. The zero-order valence-corrected chi connectivity index (χ0v) is 23.1. The number of amides is 1. The van der Waals surface area contributed by atoms with E-state index in [1.165, 1.54) is 6.08 Å². The average molecular weight is 647 g/mol. The minimum atomic E-state index is -0.513. The van der Waals surface area contributed by atoms with Crippen LogP contribution < -0.4 is 19.5 Å². The maximum absolute atomic E-state index is 12.7. The van der Waals surface area contributed by atoms with Crippen LogP contribution >= 0.6 is 38.5 Å². The molecule has 0 unspecified atom stereocenters. The first kappa shape index (κ1) is 26.6. The smallest absolute Gasteiger partial charge is 0.266 e. The van der Waals surface area contributed by atoms with E-state index in [0.29, 0.717) is 52.8 Å². The molecular weight excluding hydrogens is 623 g/mol. The van der Waals surface area contributed by atoms with Gasteiger partial charge in [0.2, 0.25) is 0 Å². The van der Waals surface area contributed by atoms with E-state index in [1.807, 2.05) is 44.2 Å². The number of carbonyl (C=O) groups is 1. The summed E-state index contributed by atoms with van der Waals surface area (Å²) in [6.45, 7) is 5.16. The molecule has 35 heavy (non-hydrogen) atoms. The summed E-state index contributed by atoms with van der Waals surface area (Å²) in [6.07, 6.45) is 1.51. The minimum Gasteiger partial charge on any atom is -0.494 e. The summed E-state index contributed by atoms with van der Waals surface area (Å²) in [4.78, 5) is 12.7. The topological polar surface area (TPSA) is 80.6 Å². The van der Waals surface area contributed by atoms with Gasteiger partial charge >= 0.3 is 0 Å². The van der Waals surface area contributed by atoms with Gasteiger partial charge in [0.15, 0.2) is 11.5 Å². The summed E-state index contributed by atoms with van der Waals surface area (Å²) < 4.78 is 19.0. The largest absolute Gasteiger partial charge is 0.494 e. The predicted octanol–water partition coefficient (Wildman–Crippen LogP) is 6.98. The van der Waals surface area contributed by atoms with E-state index in [4.69, 9.17) is 14.2 Å². The lowest BCUT2D eigenvalue weighted by Gasteiger charge is -2.14. The summed E-state index contributed by atoms with van der Waals surface area (Å²) in [5, 5.41) is 12.4. The van der Waals surface area contributed by atoms with E-state index in [2.05, 4.69) is 43.8 Å². The maximum atomic E-state index is 12.7. The molecule has 0 aliphatic rings. The summed E-state index contributed by atoms with van der Waals surface area (Å²) in [7, 11) is 0. The van der Waals surface area contributed by atoms with Crippen LogP contribution in [0, 0.1) is 14.9 Å².